The van der Waals surface area contributed by atoms with Crippen LogP contribution < -0.4 is 5.73 Å². The monoisotopic (exact) mass is 406 g/mol. The Labute approximate surface area is 178 Å². The van der Waals surface area contributed by atoms with Crippen molar-refractivity contribution < 1.29 is 9.90 Å². The van der Waals surface area contributed by atoms with Crippen LogP contribution in [0.2, 0.25) is 0 Å². The van der Waals surface area contributed by atoms with E-state index in [-0.39, 0.29) is 12.1 Å². The zero-order valence-corrected chi connectivity index (χ0v) is 17.3. The van der Waals surface area contributed by atoms with Gasteiger partial charge in [-0.2, -0.15) is 0 Å². The van der Waals surface area contributed by atoms with Crippen LogP contribution in [0.15, 0.2) is 54.7 Å². The normalized spacial score (nSPS) is 20.9. The van der Waals surface area contributed by atoms with Crippen LogP contribution in [0.3, 0.4) is 0 Å². The summed E-state index contributed by atoms with van der Waals surface area (Å²) in [5.41, 5.74) is 10.5. The third-order valence-electron chi connectivity index (χ3n) is 6.30. The number of rotatable bonds is 6. The number of carboxylic acid groups (broad SMARTS) is 1. The molecule has 30 heavy (non-hydrogen) atoms. The van der Waals surface area contributed by atoms with Gasteiger partial charge in [0.15, 0.2) is 0 Å². The average molecular weight is 407 g/mol. The number of aromatic nitrogens is 1. The van der Waals surface area contributed by atoms with E-state index in [9.17, 15) is 9.90 Å². The van der Waals surface area contributed by atoms with Crippen LogP contribution in [0.4, 0.5) is 4.79 Å². The maximum absolute atomic E-state index is 12.1. The highest BCUT2D eigenvalue weighted by molar-refractivity contribution is 5.66. The number of benzene rings is 1. The summed E-state index contributed by atoms with van der Waals surface area (Å²) in [6, 6.07) is 12.5. The number of amides is 1. The van der Waals surface area contributed by atoms with Gasteiger partial charge in [-0.25, -0.2) is 4.79 Å². The van der Waals surface area contributed by atoms with Crippen LogP contribution in [0.25, 0.3) is 0 Å². The Morgan fingerprint density at radius 2 is 2.00 bits per heavy atom. The van der Waals surface area contributed by atoms with Gasteiger partial charge >= 0.3 is 6.09 Å². The van der Waals surface area contributed by atoms with E-state index in [2.05, 4.69) is 23.1 Å². The van der Waals surface area contributed by atoms with Crippen molar-refractivity contribution in [3.8, 4) is 0 Å². The number of carbonyl (C=O) groups is 1. The summed E-state index contributed by atoms with van der Waals surface area (Å²) in [7, 11) is 0. The summed E-state index contributed by atoms with van der Waals surface area (Å²) in [5, 5.41) is 9.89. The van der Waals surface area contributed by atoms with E-state index in [4.69, 9.17) is 10.7 Å². The average Bonchev–Trinajstić information content (AvgIpc) is 2.77. The van der Waals surface area contributed by atoms with Gasteiger partial charge in [-0.3, -0.25) is 14.8 Å². The summed E-state index contributed by atoms with van der Waals surface area (Å²) < 4.78 is 0. The minimum Gasteiger partial charge on any atom is -0.465 e. The molecular formula is C24H30N4O2. The van der Waals surface area contributed by atoms with Crippen molar-refractivity contribution in [1.29, 1.82) is 0 Å². The van der Waals surface area contributed by atoms with E-state index in [1.54, 1.807) is 4.90 Å². The quantitative estimate of drug-likeness (QED) is 0.719. The molecule has 0 spiro atoms. The van der Waals surface area contributed by atoms with Crippen LogP contribution in [0.5, 0.6) is 0 Å². The van der Waals surface area contributed by atoms with Crippen LogP contribution >= 0.6 is 0 Å². The number of hydrogen-bond donors (Lipinski definition) is 2. The lowest BCUT2D eigenvalue weighted by Gasteiger charge is -2.41. The highest BCUT2D eigenvalue weighted by Crippen LogP contribution is 2.34. The first-order valence-electron chi connectivity index (χ1n) is 10.8. The summed E-state index contributed by atoms with van der Waals surface area (Å²) in [4.78, 5) is 20.8. The van der Waals surface area contributed by atoms with Gasteiger partial charge in [-0.05, 0) is 48.4 Å². The number of aryl methyl sites for hydroxylation is 1. The lowest BCUT2D eigenvalue weighted by atomic mass is 9.89. The highest BCUT2D eigenvalue weighted by atomic mass is 16.4. The molecule has 1 aromatic carbocycles. The molecule has 2 unspecified atom stereocenters. The third-order valence-corrected chi connectivity index (χ3v) is 6.30. The van der Waals surface area contributed by atoms with Gasteiger partial charge in [0.05, 0.1) is 17.8 Å². The highest BCUT2D eigenvalue weighted by Gasteiger charge is 2.34. The first-order valence-corrected chi connectivity index (χ1v) is 10.8. The standard InChI is InChI=1S/C24H30N4O2/c25-12-3-4-14-27(22-11-5-9-18-10-6-13-26-23(18)22)17-21-15-19-7-1-2-8-20(19)16-28(21)24(29)30/h1-4,6-8,10,13,21-22H,5,9,11-12,14-17,25H2,(H,29,30)/b4-3+. The lowest BCUT2D eigenvalue weighted by Crippen LogP contribution is -2.50. The number of hydrogen-bond acceptors (Lipinski definition) is 4. The molecule has 0 saturated carbocycles. The van der Waals surface area contributed by atoms with Crippen molar-refractivity contribution >= 4 is 6.09 Å². The fourth-order valence-electron chi connectivity index (χ4n) is 4.82. The van der Waals surface area contributed by atoms with Gasteiger partial charge in [0, 0.05) is 32.4 Å². The Hall–Kier alpha value is -2.70. The van der Waals surface area contributed by atoms with Crippen LogP contribution in [-0.2, 0) is 19.4 Å². The molecule has 1 aliphatic carbocycles. The second-order valence-corrected chi connectivity index (χ2v) is 8.15. The molecule has 0 bridgehead atoms. The van der Waals surface area contributed by atoms with Crippen molar-refractivity contribution in [2.45, 2.75) is 44.3 Å². The molecule has 4 rings (SSSR count). The van der Waals surface area contributed by atoms with E-state index in [1.807, 2.05) is 36.5 Å². The van der Waals surface area contributed by atoms with Crippen LogP contribution in [0.1, 0.15) is 41.3 Å². The van der Waals surface area contributed by atoms with E-state index in [0.717, 1.165) is 43.5 Å². The molecular weight excluding hydrogens is 376 g/mol. The van der Waals surface area contributed by atoms with Crippen LogP contribution in [0, 0.1) is 0 Å². The Morgan fingerprint density at radius 3 is 2.80 bits per heavy atom. The fourth-order valence-corrected chi connectivity index (χ4v) is 4.82. The predicted molar refractivity (Wildman–Crippen MR) is 117 cm³/mol. The molecule has 0 fully saturated rings. The lowest BCUT2D eigenvalue weighted by molar-refractivity contribution is 0.0837. The SMILES string of the molecule is NC/C=C/CN(CC1Cc2ccccc2CN1C(=O)O)C1CCCc2cccnc21. The molecule has 0 radical (unpaired) electrons. The van der Waals surface area contributed by atoms with Gasteiger partial charge in [0.1, 0.15) is 0 Å². The number of fused-ring (bicyclic) bond motifs is 2. The van der Waals surface area contributed by atoms with Crippen molar-refractivity contribution in [3.05, 3.63) is 77.1 Å². The van der Waals surface area contributed by atoms with Crippen molar-refractivity contribution in [2.24, 2.45) is 5.73 Å². The molecule has 6 heteroatoms. The van der Waals surface area contributed by atoms with E-state index >= 15 is 0 Å². The Morgan fingerprint density at radius 1 is 1.20 bits per heavy atom. The molecule has 1 aromatic heterocycles. The first kappa shape index (κ1) is 20.6. The molecule has 2 heterocycles. The van der Waals surface area contributed by atoms with Crippen molar-refractivity contribution in [1.82, 2.24) is 14.8 Å². The Bertz CT molecular complexity index is 914. The maximum atomic E-state index is 12.1. The topological polar surface area (TPSA) is 82.7 Å². The summed E-state index contributed by atoms with van der Waals surface area (Å²) in [6.07, 6.45) is 9.04. The summed E-state index contributed by atoms with van der Waals surface area (Å²) in [5.74, 6) is 0. The number of nitrogens with zero attached hydrogens (tertiary/aromatic N) is 3. The second-order valence-electron chi connectivity index (χ2n) is 8.15. The molecule has 2 aromatic rings. The van der Waals surface area contributed by atoms with Crippen LogP contribution in [-0.4, -0.2) is 51.7 Å². The molecule has 0 saturated heterocycles. The largest absolute Gasteiger partial charge is 0.465 e. The van der Waals surface area contributed by atoms with Crippen molar-refractivity contribution in [3.63, 3.8) is 0 Å². The maximum Gasteiger partial charge on any atom is 0.407 e. The van der Waals surface area contributed by atoms with Gasteiger partial charge in [-0.1, -0.05) is 42.5 Å². The van der Waals surface area contributed by atoms with Gasteiger partial charge in [-0.15, -0.1) is 0 Å². The van der Waals surface area contributed by atoms with E-state index in [1.165, 1.54) is 11.1 Å². The van der Waals surface area contributed by atoms with Gasteiger partial charge in [0.2, 0.25) is 0 Å². The fraction of sp³-hybridized carbons (Fsp3) is 0.417. The molecule has 1 amide bonds. The number of pyridine rings is 1. The molecule has 6 nitrogen and oxygen atoms in total. The minimum absolute atomic E-state index is 0.0854. The minimum atomic E-state index is -0.853. The number of nitrogens with two attached hydrogens (primary N) is 1. The molecule has 1 aliphatic heterocycles. The third kappa shape index (κ3) is 4.40. The first-order chi connectivity index (χ1) is 14.7. The molecule has 3 N–H and O–H groups in total. The van der Waals surface area contributed by atoms with Crippen molar-refractivity contribution in [2.75, 3.05) is 19.6 Å². The summed E-state index contributed by atoms with van der Waals surface area (Å²) in [6.45, 7) is 2.37. The molecule has 2 atom stereocenters. The summed E-state index contributed by atoms with van der Waals surface area (Å²) >= 11 is 0. The molecule has 2 aliphatic rings. The van der Waals surface area contributed by atoms with E-state index in [0.29, 0.717) is 19.6 Å². The smallest absolute Gasteiger partial charge is 0.407 e. The predicted octanol–water partition coefficient (Wildman–Crippen LogP) is 3.38. The van der Waals surface area contributed by atoms with Gasteiger partial charge < -0.3 is 10.8 Å². The Kier molecular flexibility index (Phi) is 6.45. The second kappa shape index (κ2) is 9.41. The van der Waals surface area contributed by atoms with E-state index < -0.39 is 6.09 Å². The Balaban J connectivity index is 1.62. The van der Waals surface area contributed by atoms with Gasteiger partial charge in [0.25, 0.3) is 0 Å². The zero-order chi connectivity index (χ0) is 20.9. The molecule has 158 valence electrons. The zero-order valence-electron chi connectivity index (χ0n) is 17.3.